The van der Waals surface area contributed by atoms with Crippen molar-refractivity contribution in [1.29, 1.82) is 0 Å². The fraction of sp³-hybridized carbons (Fsp3) is 0.526. The molecule has 2 aromatic rings. The molecule has 0 radical (unpaired) electrons. The number of aromatic nitrogens is 3. The number of thioether (sulfide) groups is 1. The topological polar surface area (TPSA) is 78.3 Å². The van der Waals surface area contributed by atoms with E-state index in [0.29, 0.717) is 42.4 Å². The molecule has 27 heavy (non-hydrogen) atoms. The molecular formula is C19H22N4O3S. The lowest BCUT2D eigenvalue weighted by molar-refractivity contribution is -0.115. The van der Waals surface area contributed by atoms with E-state index >= 15 is 0 Å². The van der Waals surface area contributed by atoms with Crippen LogP contribution in [-0.4, -0.2) is 39.1 Å². The Balaban J connectivity index is 1.27. The Morgan fingerprint density at radius 2 is 1.96 bits per heavy atom. The first-order valence-corrected chi connectivity index (χ1v) is 10.4. The van der Waals surface area contributed by atoms with Gasteiger partial charge in [0.15, 0.2) is 16.7 Å². The molecule has 1 unspecified atom stereocenters. The molecule has 1 atom stereocenters. The maximum atomic E-state index is 12.7. The lowest BCUT2D eigenvalue weighted by atomic mass is 10.2. The summed E-state index contributed by atoms with van der Waals surface area (Å²) < 4.78 is 13.4. The second-order valence-corrected chi connectivity index (χ2v) is 8.63. The first-order valence-electron chi connectivity index (χ1n) is 9.51. The molecule has 2 aliphatic carbocycles. The molecule has 1 aromatic carbocycles. The summed E-state index contributed by atoms with van der Waals surface area (Å²) in [6, 6.07) is 5.99. The summed E-state index contributed by atoms with van der Waals surface area (Å²) in [6.45, 7) is 2.98. The molecule has 0 spiro atoms. The van der Waals surface area contributed by atoms with Crippen LogP contribution < -0.4 is 14.8 Å². The van der Waals surface area contributed by atoms with Gasteiger partial charge < -0.3 is 19.4 Å². The third-order valence-electron chi connectivity index (χ3n) is 5.01. The molecule has 1 N–H and O–H groups in total. The smallest absolute Gasteiger partial charge is 0.237 e. The quantitative estimate of drug-likeness (QED) is 0.767. The summed E-state index contributed by atoms with van der Waals surface area (Å²) in [6.07, 6.45) is 4.78. The minimum absolute atomic E-state index is 0.0602. The zero-order chi connectivity index (χ0) is 18.4. The fourth-order valence-corrected chi connectivity index (χ4v) is 4.17. The molecule has 2 fully saturated rings. The Morgan fingerprint density at radius 3 is 2.70 bits per heavy atom. The van der Waals surface area contributed by atoms with Crippen LogP contribution in [0.25, 0.3) is 0 Å². The molecule has 8 heteroatoms. The number of ether oxygens (including phenoxy) is 2. The van der Waals surface area contributed by atoms with E-state index in [1.165, 1.54) is 37.4 Å². The summed E-state index contributed by atoms with van der Waals surface area (Å²) in [5, 5.41) is 12.4. The molecule has 7 nitrogen and oxygen atoms in total. The molecule has 1 aliphatic heterocycles. The van der Waals surface area contributed by atoms with E-state index in [4.69, 9.17) is 9.47 Å². The van der Waals surface area contributed by atoms with Crippen molar-refractivity contribution in [3.63, 3.8) is 0 Å². The van der Waals surface area contributed by atoms with Crippen molar-refractivity contribution in [3.8, 4) is 11.5 Å². The summed E-state index contributed by atoms with van der Waals surface area (Å²) >= 11 is 1.48. The lowest BCUT2D eigenvalue weighted by Crippen LogP contribution is -2.23. The standard InChI is InChI=1S/C19H22N4O3S/c1-11(18(24)20-13-4-7-15-16(10-13)26-9-8-25-15)27-19-22-21-17(12-2-3-12)23(19)14-5-6-14/h4,7,10-12,14H,2-3,5-6,8-9H2,1H3,(H,20,24). The van der Waals surface area contributed by atoms with Gasteiger partial charge in [-0.25, -0.2) is 0 Å². The van der Waals surface area contributed by atoms with Crippen LogP contribution in [0.15, 0.2) is 23.4 Å². The highest BCUT2D eigenvalue weighted by molar-refractivity contribution is 8.00. The molecule has 142 valence electrons. The number of hydrogen-bond acceptors (Lipinski definition) is 6. The Labute approximate surface area is 161 Å². The molecule has 5 rings (SSSR count). The highest BCUT2D eigenvalue weighted by Crippen LogP contribution is 2.46. The molecular weight excluding hydrogens is 364 g/mol. The second kappa shape index (κ2) is 6.74. The number of nitrogens with zero attached hydrogens (tertiary/aromatic N) is 3. The summed E-state index contributed by atoms with van der Waals surface area (Å²) in [7, 11) is 0. The van der Waals surface area contributed by atoms with Crippen molar-refractivity contribution in [2.75, 3.05) is 18.5 Å². The van der Waals surface area contributed by atoms with E-state index in [2.05, 4.69) is 20.1 Å². The molecule has 2 heterocycles. The van der Waals surface area contributed by atoms with Gasteiger partial charge in [0.25, 0.3) is 0 Å². The van der Waals surface area contributed by atoms with Gasteiger partial charge >= 0.3 is 0 Å². The van der Waals surface area contributed by atoms with Gasteiger partial charge in [0.05, 0.1) is 5.25 Å². The van der Waals surface area contributed by atoms with Crippen molar-refractivity contribution in [3.05, 3.63) is 24.0 Å². The van der Waals surface area contributed by atoms with Crippen molar-refractivity contribution < 1.29 is 14.3 Å². The van der Waals surface area contributed by atoms with Gasteiger partial charge in [-0.1, -0.05) is 11.8 Å². The minimum Gasteiger partial charge on any atom is -0.486 e. The Kier molecular flexibility index (Phi) is 4.22. The van der Waals surface area contributed by atoms with Crippen molar-refractivity contribution in [1.82, 2.24) is 14.8 Å². The molecule has 3 aliphatic rings. The van der Waals surface area contributed by atoms with E-state index in [1.807, 2.05) is 25.1 Å². The zero-order valence-electron chi connectivity index (χ0n) is 15.2. The average Bonchev–Trinajstić information content (AvgIpc) is 3.60. The van der Waals surface area contributed by atoms with E-state index in [9.17, 15) is 4.79 Å². The fourth-order valence-electron chi connectivity index (χ4n) is 3.24. The number of carbonyl (C=O) groups excluding carboxylic acids is 1. The number of amides is 1. The maximum Gasteiger partial charge on any atom is 0.237 e. The molecule has 2 saturated carbocycles. The van der Waals surface area contributed by atoms with Gasteiger partial charge in [-0.15, -0.1) is 10.2 Å². The molecule has 1 aromatic heterocycles. The number of fused-ring (bicyclic) bond motifs is 1. The Hall–Kier alpha value is -2.22. The van der Waals surface area contributed by atoms with Crippen LogP contribution in [0, 0.1) is 0 Å². The molecule has 0 bridgehead atoms. The predicted octanol–water partition coefficient (Wildman–Crippen LogP) is 3.38. The minimum atomic E-state index is -0.271. The number of rotatable bonds is 6. The molecule has 0 saturated heterocycles. The first-order chi connectivity index (χ1) is 13.2. The van der Waals surface area contributed by atoms with E-state index < -0.39 is 0 Å². The van der Waals surface area contributed by atoms with Crippen molar-refractivity contribution in [2.45, 2.75) is 55.0 Å². The van der Waals surface area contributed by atoms with Gasteiger partial charge in [-0.2, -0.15) is 0 Å². The highest BCUT2D eigenvalue weighted by atomic mass is 32.2. The maximum absolute atomic E-state index is 12.7. The van der Waals surface area contributed by atoms with Crippen molar-refractivity contribution in [2.24, 2.45) is 0 Å². The Morgan fingerprint density at radius 1 is 1.19 bits per heavy atom. The van der Waals surface area contributed by atoms with Gasteiger partial charge in [0.2, 0.25) is 5.91 Å². The Bertz CT molecular complexity index is 876. The van der Waals surface area contributed by atoms with Gasteiger partial charge in [-0.05, 0) is 44.7 Å². The monoisotopic (exact) mass is 386 g/mol. The van der Waals surface area contributed by atoms with Crippen LogP contribution in [0.2, 0.25) is 0 Å². The van der Waals surface area contributed by atoms with Gasteiger partial charge in [-0.3, -0.25) is 4.79 Å². The van der Waals surface area contributed by atoms with Crippen LogP contribution in [0.5, 0.6) is 11.5 Å². The SMILES string of the molecule is CC(Sc1nnc(C2CC2)n1C1CC1)C(=O)Nc1ccc2c(c1)OCCO2. The number of hydrogen-bond donors (Lipinski definition) is 1. The van der Waals surface area contributed by atoms with Crippen molar-refractivity contribution >= 4 is 23.4 Å². The van der Waals surface area contributed by atoms with E-state index in [0.717, 1.165) is 11.0 Å². The van der Waals surface area contributed by atoms with Crippen LogP contribution >= 0.6 is 11.8 Å². The highest BCUT2D eigenvalue weighted by Gasteiger charge is 2.37. The van der Waals surface area contributed by atoms with Crippen LogP contribution in [0.4, 0.5) is 5.69 Å². The van der Waals surface area contributed by atoms with Crippen LogP contribution in [-0.2, 0) is 4.79 Å². The molecule has 1 amide bonds. The van der Waals surface area contributed by atoms with Gasteiger partial charge in [0.1, 0.15) is 19.0 Å². The number of anilines is 1. The van der Waals surface area contributed by atoms with Gasteiger partial charge in [0, 0.05) is 23.7 Å². The zero-order valence-corrected chi connectivity index (χ0v) is 16.0. The first kappa shape index (κ1) is 16.9. The summed E-state index contributed by atoms with van der Waals surface area (Å²) in [5.74, 6) is 3.00. The number of nitrogens with one attached hydrogen (secondary N) is 1. The third kappa shape index (κ3) is 3.50. The van der Waals surface area contributed by atoms with E-state index in [-0.39, 0.29) is 11.2 Å². The van der Waals surface area contributed by atoms with Crippen LogP contribution in [0.1, 0.15) is 50.4 Å². The largest absolute Gasteiger partial charge is 0.486 e. The summed E-state index contributed by atoms with van der Waals surface area (Å²) in [5.41, 5.74) is 0.707. The summed E-state index contributed by atoms with van der Waals surface area (Å²) in [4.78, 5) is 12.7. The van der Waals surface area contributed by atoms with E-state index in [1.54, 1.807) is 0 Å². The third-order valence-corrected chi connectivity index (χ3v) is 6.06. The second-order valence-electron chi connectivity index (χ2n) is 7.32. The lowest BCUT2D eigenvalue weighted by Gasteiger charge is -2.19. The average molecular weight is 386 g/mol. The van der Waals surface area contributed by atoms with Crippen LogP contribution in [0.3, 0.4) is 0 Å². The predicted molar refractivity (Wildman–Crippen MR) is 102 cm³/mol. The number of carbonyl (C=O) groups is 1. The number of benzene rings is 1. The normalized spacial score (nSPS) is 19.6.